The summed E-state index contributed by atoms with van der Waals surface area (Å²) in [7, 11) is 0. The molecule has 4 rings (SSSR count). The number of fused-ring (bicyclic) bond motifs is 1. The Hall–Kier alpha value is -3.10. The lowest BCUT2D eigenvalue weighted by molar-refractivity contribution is 0.0707. The van der Waals surface area contributed by atoms with E-state index < -0.39 is 11.7 Å². The van der Waals surface area contributed by atoms with Gasteiger partial charge in [-0.1, -0.05) is 11.6 Å². The Morgan fingerprint density at radius 3 is 2.89 bits per heavy atom. The number of hydrogen-bond acceptors (Lipinski definition) is 6. The van der Waals surface area contributed by atoms with E-state index >= 15 is 0 Å². The Bertz CT molecular complexity index is 1080. The van der Waals surface area contributed by atoms with Crippen molar-refractivity contribution >= 4 is 29.0 Å². The maximum Gasteiger partial charge on any atom is 0.278 e. The number of benzene rings is 1. The summed E-state index contributed by atoms with van der Waals surface area (Å²) in [5.74, 6) is -0.486. The van der Waals surface area contributed by atoms with Crippen molar-refractivity contribution in [1.29, 1.82) is 0 Å². The number of anilines is 2. The fraction of sp³-hybridized carbons (Fsp3) is 0.158. The second kappa shape index (κ2) is 7.49. The molecule has 2 heterocycles. The van der Waals surface area contributed by atoms with Crippen LogP contribution in [0.2, 0.25) is 5.02 Å². The van der Waals surface area contributed by atoms with E-state index in [2.05, 4.69) is 20.3 Å². The molecule has 0 spiro atoms. The molecule has 142 valence electrons. The van der Waals surface area contributed by atoms with Gasteiger partial charge in [-0.05, 0) is 43.5 Å². The molecule has 3 aromatic rings. The van der Waals surface area contributed by atoms with E-state index in [4.69, 9.17) is 16.8 Å². The number of nitrogens with zero attached hydrogens (tertiary/aromatic N) is 3. The van der Waals surface area contributed by atoms with Crippen LogP contribution < -0.4 is 10.8 Å². The van der Waals surface area contributed by atoms with Crippen molar-refractivity contribution < 1.29 is 14.4 Å². The smallest absolute Gasteiger partial charge is 0.278 e. The molecule has 1 amide bonds. The Morgan fingerprint density at radius 1 is 1.21 bits per heavy atom. The van der Waals surface area contributed by atoms with E-state index in [-0.39, 0.29) is 17.0 Å². The van der Waals surface area contributed by atoms with Gasteiger partial charge in [-0.15, -0.1) is 0 Å². The van der Waals surface area contributed by atoms with Gasteiger partial charge in [-0.25, -0.2) is 19.8 Å². The number of carbonyl (C=O) groups excluding carboxylic acids is 1. The monoisotopic (exact) mass is 399 g/mol. The lowest BCUT2D eigenvalue weighted by Crippen LogP contribution is -2.20. The molecule has 9 heteroatoms. The second-order valence-corrected chi connectivity index (χ2v) is 6.72. The number of aromatic nitrogens is 3. The van der Waals surface area contributed by atoms with E-state index in [0.717, 1.165) is 30.5 Å². The maximum atomic E-state index is 14.3. The fourth-order valence-electron chi connectivity index (χ4n) is 3.20. The van der Waals surface area contributed by atoms with Gasteiger partial charge in [0.15, 0.2) is 5.82 Å². The first-order valence-electron chi connectivity index (χ1n) is 8.57. The van der Waals surface area contributed by atoms with Crippen LogP contribution in [0.3, 0.4) is 0 Å². The minimum absolute atomic E-state index is 0.144. The van der Waals surface area contributed by atoms with Crippen LogP contribution in [0.15, 0.2) is 36.7 Å². The summed E-state index contributed by atoms with van der Waals surface area (Å²) in [6.07, 6.45) is 5.26. The van der Waals surface area contributed by atoms with E-state index in [1.165, 1.54) is 30.6 Å². The van der Waals surface area contributed by atoms with Crippen LogP contribution in [0, 0.1) is 5.82 Å². The zero-order valence-electron chi connectivity index (χ0n) is 14.5. The van der Waals surface area contributed by atoms with Crippen LogP contribution in [-0.4, -0.2) is 26.1 Å². The van der Waals surface area contributed by atoms with Crippen LogP contribution in [-0.2, 0) is 12.8 Å². The van der Waals surface area contributed by atoms with Gasteiger partial charge in [0.1, 0.15) is 11.6 Å². The average molecular weight is 400 g/mol. The minimum atomic E-state index is -0.706. The number of hydrogen-bond donors (Lipinski definition) is 3. The lowest BCUT2D eigenvalue weighted by atomic mass is 10.1. The largest absolute Gasteiger partial charge is 0.339 e. The first-order chi connectivity index (χ1) is 13.6. The molecule has 0 bridgehead atoms. The second-order valence-electron chi connectivity index (χ2n) is 6.29. The number of carbonyl (C=O) groups is 1. The normalized spacial score (nSPS) is 12.5. The zero-order valence-corrected chi connectivity index (χ0v) is 15.3. The van der Waals surface area contributed by atoms with Gasteiger partial charge in [-0.3, -0.25) is 15.0 Å². The average Bonchev–Trinajstić information content (AvgIpc) is 3.18. The predicted octanol–water partition coefficient (Wildman–Crippen LogP) is 3.68. The number of pyridine rings is 1. The first kappa shape index (κ1) is 18.3. The van der Waals surface area contributed by atoms with Crippen molar-refractivity contribution in [2.75, 3.05) is 5.32 Å². The third-order valence-corrected chi connectivity index (χ3v) is 4.76. The molecule has 2 aromatic heterocycles. The third-order valence-electron chi connectivity index (χ3n) is 4.52. The minimum Gasteiger partial charge on any atom is -0.339 e. The molecule has 0 saturated carbocycles. The summed E-state index contributed by atoms with van der Waals surface area (Å²) in [4.78, 5) is 24.8. The Kier molecular flexibility index (Phi) is 4.89. The van der Waals surface area contributed by atoms with Crippen molar-refractivity contribution in [2.45, 2.75) is 19.3 Å². The van der Waals surface area contributed by atoms with Gasteiger partial charge in [0.25, 0.3) is 5.91 Å². The number of nitrogens with one attached hydrogen (secondary N) is 2. The van der Waals surface area contributed by atoms with Crippen molar-refractivity contribution in [1.82, 2.24) is 20.4 Å². The molecule has 7 nitrogen and oxygen atoms in total. The van der Waals surface area contributed by atoms with E-state index in [1.807, 2.05) is 0 Å². The number of rotatable bonds is 4. The highest BCUT2D eigenvalue weighted by Gasteiger charge is 2.22. The summed E-state index contributed by atoms with van der Waals surface area (Å²) in [5, 5.41) is 12.4. The Morgan fingerprint density at radius 2 is 2.07 bits per heavy atom. The zero-order chi connectivity index (χ0) is 19.7. The molecule has 0 aliphatic heterocycles. The van der Waals surface area contributed by atoms with E-state index in [0.29, 0.717) is 16.5 Å². The summed E-state index contributed by atoms with van der Waals surface area (Å²) < 4.78 is 14.3. The number of hydroxylamine groups is 1. The van der Waals surface area contributed by atoms with Gasteiger partial charge in [0.05, 0.1) is 16.8 Å². The highest BCUT2D eigenvalue weighted by atomic mass is 35.5. The molecule has 0 fully saturated rings. The van der Waals surface area contributed by atoms with Crippen molar-refractivity contribution in [3.05, 3.63) is 64.3 Å². The molecule has 3 N–H and O–H groups in total. The van der Waals surface area contributed by atoms with Crippen molar-refractivity contribution in [3.63, 3.8) is 0 Å². The molecule has 0 radical (unpaired) electrons. The quantitative estimate of drug-likeness (QED) is 0.457. The predicted molar refractivity (Wildman–Crippen MR) is 101 cm³/mol. The number of aryl methyl sites for hydroxylation is 1. The fourth-order valence-corrected chi connectivity index (χ4v) is 3.37. The van der Waals surface area contributed by atoms with Gasteiger partial charge in [0.2, 0.25) is 0 Å². The third kappa shape index (κ3) is 3.39. The van der Waals surface area contributed by atoms with Crippen LogP contribution >= 0.6 is 11.6 Å². The molecule has 0 unspecified atom stereocenters. The molecule has 1 aliphatic rings. The Balaban J connectivity index is 1.82. The summed E-state index contributed by atoms with van der Waals surface area (Å²) in [5.41, 5.74) is 4.09. The highest BCUT2D eigenvalue weighted by Crippen LogP contribution is 2.33. The number of amides is 1. The molecular formula is C19H15ClFN5O2. The van der Waals surface area contributed by atoms with Gasteiger partial charge >= 0.3 is 0 Å². The van der Waals surface area contributed by atoms with Crippen LogP contribution in [0.5, 0.6) is 0 Å². The molecule has 1 aromatic carbocycles. The SMILES string of the molecule is O=C(NO)c1cnccc1Nc1nc(-c2cc(Cl)ccc2F)nc2c1CCC2. The molecule has 28 heavy (non-hydrogen) atoms. The van der Waals surface area contributed by atoms with Gasteiger partial charge in [-0.2, -0.15) is 0 Å². The van der Waals surface area contributed by atoms with Crippen LogP contribution in [0.4, 0.5) is 15.9 Å². The van der Waals surface area contributed by atoms with Crippen LogP contribution in [0.1, 0.15) is 28.0 Å². The molecule has 1 aliphatic carbocycles. The van der Waals surface area contributed by atoms with E-state index in [9.17, 15) is 9.18 Å². The highest BCUT2D eigenvalue weighted by molar-refractivity contribution is 6.30. The maximum absolute atomic E-state index is 14.3. The molecule has 0 atom stereocenters. The summed E-state index contributed by atoms with van der Waals surface area (Å²) >= 11 is 6.01. The first-order valence-corrected chi connectivity index (χ1v) is 8.95. The molecular weight excluding hydrogens is 385 g/mol. The van der Waals surface area contributed by atoms with Gasteiger partial charge < -0.3 is 5.32 Å². The lowest BCUT2D eigenvalue weighted by Gasteiger charge is -2.14. The molecule has 0 saturated heterocycles. The van der Waals surface area contributed by atoms with Crippen LogP contribution in [0.25, 0.3) is 11.4 Å². The van der Waals surface area contributed by atoms with Crippen molar-refractivity contribution in [2.24, 2.45) is 0 Å². The Labute approximate surface area is 164 Å². The van der Waals surface area contributed by atoms with Gasteiger partial charge in [0, 0.05) is 28.7 Å². The number of halogens is 2. The standard InChI is InChI=1S/C19H15ClFN5O2/c20-10-4-5-14(21)12(8-10)18-23-15-3-1-2-11(15)17(25-18)24-16-6-7-22-9-13(16)19(27)26-28/h4-9,28H,1-3H2,(H,26,27)(H,22,23,24,25). The van der Waals surface area contributed by atoms with Crippen molar-refractivity contribution in [3.8, 4) is 11.4 Å². The topological polar surface area (TPSA) is 100 Å². The summed E-state index contributed by atoms with van der Waals surface area (Å²) in [6.45, 7) is 0. The summed E-state index contributed by atoms with van der Waals surface area (Å²) in [6, 6.07) is 5.81. The van der Waals surface area contributed by atoms with E-state index in [1.54, 1.807) is 11.5 Å².